The molecule has 2 rings (SSSR count). The summed E-state index contributed by atoms with van der Waals surface area (Å²) >= 11 is 0. The van der Waals surface area contributed by atoms with Gasteiger partial charge in [-0.15, -0.1) is 0 Å². The fourth-order valence-electron chi connectivity index (χ4n) is 1.83. The fraction of sp³-hybridized carbons (Fsp3) is 0.385. The normalized spacial score (nSPS) is 12.6. The number of H-pyrrole nitrogens is 1. The monoisotopic (exact) mass is 230 g/mol. The second-order valence-corrected chi connectivity index (χ2v) is 4.27. The van der Waals surface area contributed by atoms with Crippen molar-refractivity contribution in [3.63, 3.8) is 0 Å². The van der Waals surface area contributed by atoms with Crippen molar-refractivity contribution in [2.24, 2.45) is 0 Å². The summed E-state index contributed by atoms with van der Waals surface area (Å²) in [6, 6.07) is 6.22. The van der Waals surface area contributed by atoms with Gasteiger partial charge in [0.15, 0.2) is 0 Å². The van der Waals surface area contributed by atoms with Crippen LogP contribution >= 0.6 is 0 Å². The third-order valence-corrected chi connectivity index (χ3v) is 3.00. The molecule has 4 nitrogen and oxygen atoms in total. The Morgan fingerprint density at radius 2 is 2.18 bits per heavy atom. The van der Waals surface area contributed by atoms with E-state index in [2.05, 4.69) is 27.4 Å². The Kier molecular flexibility index (Phi) is 3.54. The van der Waals surface area contributed by atoms with Crippen molar-refractivity contribution in [1.29, 1.82) is 0 Å². The summed E-state index contributed by atoms with van der Waals surface area (Å²) in [7, 11) is 0. The van der Waals surface area contributed by atoms with Gasteiger partial charge in [0.1, 0.15) is 0 Å². The van der Waals surface area contributed by atoms with E-state index in [1.807, 2.05) is 38.2 Å². The molecule has 0 aliphatic heterocycles. The predicted molar refractivity (Wildman–Crippen MR) is 67.6 cm³/mol. The van der Waals surface area contributed by atoms with Crippen molar-refractivity contribution in [2.75, 3.05) is 0 Å². The first-order valence-electron chi connectivity index (χ1n) is 5.83. The number of aromatic amines is 1. The van der Waals surface area contributed by atoms with Gasteiger partial charge in [-0.1, -0.05) is 6.07 Å². The van der Waals surface area contributed by atoms with Gasteiger partial charge in [0.05, 0.1) is 11.4 Å². The molecule has 17 heavy (non-hydrogen) atoms. The summed E-state index contributed by atoms with van der Waals surface area (Å²) in [4.78, 5) is 4.34. The van der Waals surface area contributed by atoms with Crippen molar-refractivity contribution in [3.05, 3.63) is 47.0 Å². The highest BCUT2D eigenvalue weighted by atomic mass is 15.1. The minimum atomic E-state index is 0.241. The first kappa shape index (κ1) is 11.8. The number of rotatable bonds is 4. The Balaban J connectivity index is 1.99. The van der Waals surface area contributed by atoms with Crippen molar-refractivity contribution in [3.8, 4) is 0 Å². The van der Waals surface area contributed by atoms with Gasteiger partial charge in [-0.3, -0.25) is 10.1 Å². The molecule has 2 aromatic rings. The van der Waals surface area contributed by atoms with Crippen LogP contribution in [0.4, 0.5) is 0 Å². The maximum Gasteiger partial charge on any atom is 0.0638 e. The number of nitrogens with zero attached hydrogens (tertiary/aromatic N) is 2. The summed E-state index contributed by atoms with van der Waals surface area (Å²) in [5, 5.41) is 10.6. The fourth-order valence-corrected chi connectivity index (χ4v) is 1.83. The first-order chi connectivity index (χ1) is 8.18. The maximum absolute atomic E-state index is 4.34. The molecular weight excluding hydrogens is 212 g/mol. The van der Waals surface area contributed by atoms with Gasteiger partial charge in [-0.25, -0.2) is 0 Å². The molecule has 0 radical (unpaired) electrons. The summed E-state index contributed by atoms with van der Waals surface area (Å²) in [6.45, 7) is 6.99. The molecule has 90 valence electrons. The van der Waals surface area contributed by atoms with E-state index in [0.717, 1.165) is 23.6 Å². The van der Waals surface area contributed by atoms with Gasteiger partial charge in [0.2, 0.25) is 0 Å². The highest BCUT2D eigenvalue weighted by Crippen LogP contribution is 2.13. The Labute approximate surface area is 101 Å². The molecule has 0 spiro atoms. The third-order valence-electron chi connectivity index (χ3n) is 3.00. The van der Waals surface area contributed by atoms with E-state index in [-0.39, 0.29) is 6.04 Å². The minimum absolute atomic E-state index is 0.241. The van der Waals surface area contributed by atoms with Crippen LogP contribution in [-0.2, 0) is 6.54 Å². The third kappa shape index (κ3) is 2.71. The lowest BCUT2D eigenvalue weighted by atomic mass is 10.1. The molecule has 2 N–H and O–H groups in total. The minimum Gasteiger partial charge on any atom is -0.305 e. The van der Waals surface area contributed by atoms with Crippen LogP contribution in [0.2, 0.25) is 0 Å². The van der Waals surface area contributed by atoms with Crippen molar-refractivity contribution >= 4 is 0 Å². The largest absolute Gasteiger partial charge is 0.305 e. The van der Waals surface area contributed by atoms with E-state index < -0.39 is 0 Å². The average molecular weight is 230 g/mol. The van der Waals surface area contributed by atoms with Crippen molar-refractivity contribution in [2.45, 2.75) is 33.4 Å². The van der Waals surface area contributed by atoms with Crippen LogP contribution in [0.3, 0.4) is 0 Å². The zero-order valence-corrected chi connectivity index (χ0v) is 10.5. The molecule has 0 saturated heterocycles. The number of pyridine rings is 1. The van der Waals surface area contributed by atoms with Crippen molar-refractivity contribution in [1.82, 2.24) is 20.5 Å². The van der Waals surface area contributed by atoms with Gasteiger partial charge in [0.25, 0.3) is 0 Å². The number of hydrogen-bond acceptors (Lipinski definition) is 3. The molecule has 0 aliphatic carbocycles. The van der Waals surface area contributed by atoms with E-state index in [9.17, 15) is 0 Å². The van der Waals surface area contributed by atoms with Crippen LogP contribution in [0.25, 0.3) is 0 Å². The molecule has 2 heterocycles. The first-order valence-corrected chi connectivity index (χ1v) is 5.83. The Bertz CT molecular complexity index is 456. The lowest BCUT2D eigenvalue weighted by Gasteiger charge is -2.13. The molecule has 4 heteroatoms. The zero-order chi connectivity index (χ0) is 12.3. The van der Waals surface area contributed by atoms with Crippen LogP contribution in [-0.4, -0.2) is 15.2 Å². The summed E-state index contributed by atoms with van der Waals surface area (Å²) in [6.07, 6.45) is 1.82. The molecule has 0 saturated carbocycles. The average Bonchev–Trinajstić information content (AvgIpc) is 2.67. The Hall–Kier alpha value is -1.68. The van der Waals surface area contributed by atoms with Crippen LogP contribution < -0.4 is 5.32 Å². The molecule has 0 aliphatic rings. The molecule has 0 fully saturated rings. The highest BCUT2D eigenvalue weighted by molar-refractivity contribution is 5.23. The number of aryl methyl sites for hydroxylation is 2. The van der Waals surface area contributed by atoms with E-state index in [1.165, 1.54) is 5.56 Å². The smallest absolute Gasteiger partial charge is 0.0638 e. The second kappa shape index (κ2) is 5.10. The Morgan fingerprint density at radius 1 is 1.35 bits per heavy atom. The molecule has 0 amide bonds. The molecular formula is C13H18N4. The van der Waals surface area contributed by atoms with E-state index in [0.29, 0.717) is 0 Å². The molecule has 0 unspecified atom stereocenters. The number of nitrogens with one attached hydrogen (secondary N) is 2. The number of aromatic nitrogens is 3. The molecule has 1 atom stereocenters. The SMILES string of the molecule is Cc1n[nH]c(C)c1CN[C@H](C)c1ccccn1. The maximum atomic E-state index is 4.34. The van der Waals surface area contributed by atoms with Crippen LogP contribution in [0.1, 0.15) is 35.6 Å². The van der Waals surface area contributed by atoms with Gasteiger partial charge in [-0.2, -0.15) is 5.10 Å². The van der Waals surface area contributed by atoms with E-state index in [4.69, 9.17) is 0 Å². The van der Waals surface area contributed by atoms with Crippen LogP contribution in [0.15, 0.2) is 24.4 Å². The lowest BCUT2D eigenvalue weighted by molar-refractivity contribution is 0.559. The van der Waals surface area contributed by atoms with E-state index in [1.54, 1.807) is 0 Å². The molecule has 0 bridgehead atoms. The lowest BCUT2D eigenvalue weighted by Crippen LogP contribution is -2.19. The summed E-state index contributed by atoms with van der Waals surface area (Å²) in [5.74, 6) is 0. The van der Waals surface area contributed by atoms with Gasteiger partial charge in [0, 0.05) is 30.0 Å². The summed E-state index contributed by atoms with van der Waals surface area (Å²) < 4.78 is 0. The number of hydrogen-bond donors (Lipinski definition) is 2. The van der Waals surface area contributed by atoms with E-state index >= 15 is 0 Å². The molecule has 0 aromatic carbocycles. The van der Waals surface area contributed by atoms with Crippen LogP contribution in [0, 0.1) is 13.8 Å². The standard InChI is InChI=1S/C13H18N4/c1-9-12(10(2)17-16-9)8-15-11(3)13-6-4-5-7-14-13/h4-7,11,15H,8H2,1-3H3,(H,16,17)/t11-/m1/s1. The van der Waals surface area contributed by atoms with Crippen molar-refractivity contribution < 1.29 is 0 Å². The van der Waals surface area contributed by atoms with Crippen LogP contribution in [0.5, 0.6) is 0 Å². The highest BCUT2D eigenvalue weighted by Gasteiger charge is 2.09. The quantitative estimate of drug-likeness (QED) is 0.847. The predicted octanol–water partition coefficient (Wildman–Crippen LogP) is 2.27. The Morgan fingerprint density at radius 3 is 2.76 bits per heavy atom. The zero-order valence-electron chi connectivity index (χ0n) is 10.5. The molecule has 2 aromatic heterocycles. The summed E-state index contributed by atoms with van der Waals surface area (Å²) in [5.41, 5.74) is 4.49. The second-order valence-electron chi connectivity index (χ2n) is 4.27. The van der Waals surface area contributed by atoms with Gasteiger partial charge < -0.3 is 5.32 Å². The topological polar surface area (TPSA) is 53.6 Å². The van der Waals surface area contributed by atoms with Gasteiger partial charge >= 0.3 is 0 Å². The van der Waals surface area contributed by atoms with Gasteiger partial charge in [-0.05, 0) is 32.9 Å².